The predicted octanol–water partition coefficient (Wildman–Crippen LogP) is 17.9. The van der Waals surface area contributed by atoms with Crippen LogP contribution in [0.5, 0.6) is 0 Å². The van der Waals surface area contributed by atoms with Crippen LogP contribution < -0.4 is 10.2 Å². The molecule has 0 unspecified atom stereocenters. The third-order valence-corrected chi connectivity index (χ3v) is 20.0. The van der Waals surface area contributed by atoms with Crippen LogP contribution in [0, 0.1) is 60.7 Å². The van der Waals surface area contributed by atoms with Crippen molar-refractivity contribution in [2.45, 2.75) is 122 Å². The Labute approximate surface area is 621 Å². The fourth-order valence-electron chi connectivity index (χ4n) is 14.6. The molecule has 107 heavy (non-hydrogen) atoms. The minimum absolute atomic E-state index is 0. The third kappa shape index (κ3) is 17.5. The van der Waals surface area contributed by atoms with E-state index in [9.17, 15) is 65.5 Å². The highest BCUT2D eigenvalue weighted by molar-refractivity contribution is 6.20. The van der Waals surface area contributed by atoms with Crippen LogP contribution >= 0.6 is 0 Å². The van der Waals surface area contributed by atoms with Gasteiger partial charge in [-0.1, -0.05) is 81.7 Å². The van der Waals surface area contributed by atoms with Crippen LogP contribution in [-0.2, 0) is 37.4 Å². The summed E-state index contributed by atoms with van der Waals surface area (Å²) in [6.45, 7) is 22.1. The molecule has 0 aliphatic carbocycles. The number of aromatic nitrogens is 4. The number of hydrogen-bond acceptors (Lipinski definition) is 17. The Hall–Kier alpha value is -11.3. The number of amides is 1. The second kappa shape index (κ2) is 36.6. The third-order valence-electron chi connectivity index (χ3n) is 20.0. The highest BCUT2D eigenvalue weighted by Gasteiger charge is 2.29. The number of nitro groups is 6. The van der Waals surface area contributed by atoms with Crippen molar-refractivity contribution in [3.8, 4) is 0 Å². The zero-order valence-electron chi connectivity index (χ0n) is 58.6. The number of nitrogens with one attached hydrogen (secondary N) is 1. The molecule has 0 spiro atoms. The highest BCUT2D eigenvalue weighted by atomic mass is 16.6. The number of nitro benzene ring substituents is 6. The maximum absolute atomic E-state index is 12.2. The molecule has 28 nitrogen and oxygen atoms in total. The molecular formula is C79H99N15O13. The molecule has 0 atom stereocenters. The SMILES string of the molecule is C.C.C.C.CCN(CC)CCCn1c2ccc([N+](=O)[O-])cc2c2cc([N+](=O)[O-])ccc21.CCN(CC)CCn1c2ccccc2c2c3c(ccc21)CC(=O)N3C.CNCCCn1c2ccc([N+](=O)[O-])cc2c2cc([N+](=O)[O-])ccc21.O=[N+]([O-])c1ccc2c(c1)c1cc([N+](=O)[O-])ccc1n2CCCN1CCCC1. The van der Waals surface area contributed by atoms with Gasteiger partial charge in [0.2, 0.25) is 5.91 Å². The summed E-state index contributed by atoms with van der Waals surface area (Å²) >= 11 is 0. The number of hydrogen-bond donors (Lipinski definition) is 1. The Kier molecular flexibility index (Phi) is 28.4. The molecule has 0 bridgehead atoms. The van der Waals surface area contributed by atoms with Crippen molar-refractivity contribution in [3.05, 3.63) is 212 Å². The summed E-state index contributed by atoms with van der Waals surface area (Å²) in [7, 11) is 3.77. The van der Waals surface area contributed by atoms with Crippen molar-refractivity contribution in [2.75, 3.05) is 84.4 Å². The Morgan fingerprint density at radius 1 is 0.393 bits per heavy atom. The second-order valence-corrected chi connectivity index (χ2v) is 25.7. The number of carbonyl (C=O) groups excluding carboxylic acids is 1. The van der Waals surface area contributed by atoms with E-state index >= 15 is 0 Å². The summed E-state index contributed by atoms with van der Waals surface area (Å²) < 4.78 is 8.69. The van der Waals surface area contributed by atoms with E-state index in [1.165, 1.54) is 107 Å². The van der Waals surface area contributed by atoms with Crippen LogP contribution in [0.3, 0.4) is 0 Å². The molecular weight excluding hydrogens is 1370 g/mol. The normalized spacial score (nSPS) is 12.5. The fourth-order valence-corrected chi connectivity index (χ4v) is 14.6. The molecule has 0 saturated carbocycles. The Bertz CT molecular complexity index is 4870. The van der Waals surface area contributed by atoms with Gasteiger partial charge in [0.1, 0.15) is 0 Å². The van der Waals surface area contributed by atoms with Gasteiger partial charge in [0.25, 0.3) is 34.1 Å². The van der Waals surface area contributed by atoms with Gasteiger partial charge in [-0.15, -0.1) is 0 Å². The molecule has 8 aromatic carbocycles. The molecule has 1 saturated heterocycles. The van der Waals surface area contributed by atoms with E-state index in [1.807, 2.05) is 19.0 Å². The van der Waals surface area contributed by atoms with Crippen molar-refractivity contribution in [1.82, 2.24) is 38.3 Å². The standard InChI is InChI=1S/C21H25N3O.C19H20N4O4.C19H22N4O4.C16H16N4O4.4CH4/c1-4-23(5-2)12-13-24-17-9-7-6-8-16(17)20-18(24)11-10-15-14-19(25)22(3)21(15)20;24-22(25)14-4-6-18-16(12-14)17-13-15(23(26)27)5-7-19(17)21(18)11-3-10-20-8-1-2-9-20;1-3-20(4-2)10-5-11-21-18-8-6-14(22(24)25)12-16(18)17-13-15(23(26)27)7-9-19(17)21;1-17-7-2-8-18-15-5-3-11(19(21)22)9-13(15)14-10-12(20(23)24)4-6-16(14)18;;;;/h6-11H,4-5,12-14H2,1-3H3;4-7,12-13H,1-3,8-11H2;6-9,12-13H,3-5,10-11H2,1-2H3;3-6,9-10,17H,2,7-8H2,1H3;4*1H4. The maximum Gasteiger partial charge on any atom is 0.270 e. The molecule has 1 N–H and O–H groups in total. The van der Waals surface area contributed by atoms with Gasteiger partial charge in [-0.05, 0) is 152 Å². The molecule has 2 aliphatic rings. The number of aryl methyl sites for hydroxylation is 3. The van der Waals surface area contributed by atoms with Crippen molar-refractivity contribution in [2.24, 2.45) is 0 Å². The highest BCUT2D eigenvalue weighted by Crippen LogP contribution is 2.42. The summed E-state index contributed by atoms with van der Waals surface area (Å²) in [5.41, 5.74) is 9.77. The lowest BCUT2D eigenvalue weighted by Gasteiger charge is -2.19. The number of fused-ring (bicyclic) bond motifs is 14. The van der Waals surface area contributed by atoms with Gasteiger partial charge >= 0.3 is 0 Å². The Balaban J connectivity index is 0.000000197. The lowest BCUT2D eigenvalue weighted by molar-refractivity contribution is -0.385. The van der Waals surface area contributed by atoms with Crippen LogP contribution in [0.15, 0.2) is 146 Å². The van der Waals surface area contributed by atoms with E-state index in [-0.39, 0.29) is 69.7 Å². The molecule has 28 heteroatoms. The van der Waals surface area contributed by atoms with Crippen LogP contribution in [0.4, 0.5) is 39.8 Å². The molecule has 1 fully saturated rings. The minimum atomic E-state index is -0.457. The van der Waals surface area contributed by atoms with Crippen molar-refractivity contribution in [1.29, 1.82) is 0 Å². The van der Waals surface area contributed by atoms with E-state index < -0.39 is 29.5 Å². The van der Waals surface area contributed by atoms with Crippen molar-refractivity contribution >= 4 is 133 Å². The van der Waals surface area contributed by atoms with E-state index in [0.717, 1.165) is 155 Å². The maximum atomic E-state index is 12.2. The zero-order chi connectivity index (χ0) is 73.3. The quantitative estimate of drug-likeness (QED) is 0.0316. The number of rotatable bonds is 25. The van der Waals surface area contributed by atoms with Gasteiger partial charge < -0.3 is 43.2 Å². The van der Waals surface area contributed by atoms with E-state index in [1.54, 1.807) is 36.4 Å². The summed E-state index contributed by atoms with van der Waals surface area (Å²) in [6.07, 6.45) is 5.79. The van der Waals surface area contributed by atoms with Crippen LogP contribution in [0.2, 0.25) is 0 Å². The molecule has 2 aliphatic heterocycles. The van der Waals surface area contributed by atoms with Gasteiger partial charge in [-0.2, -0.15) is 0 Å². The summed E-state index contributed by atoms with van der Waals surface area (Å²) in [6, 6.07) is 41.1. The molecule has 0 radical (unpaired) electrons. The van der Waals surface area contributed by atoms with Gasteiger partial charge in [-0.25, -0.2) is 0 Å². The number of anilines is 1. The molecule has 6 heterocycles. The predicted molar refractivity (Wildman–Crippen MR) is 431 cm³/mol. The summed E-state index contributed by atoms with van der Waals surface area (Å²) in [5.74, 6) is 0.183. The molecule has 14 rings (SSSR count). The average Bonchev–Trinajstić information content (AvgIpc) is 1.60. The number of carbonyl (C=O) groups is 1. The molecule has 12 aromatic rings. The first-order chi connectivity index (χ1) is 49.7. The molecule has 4 aromatic heterocycles. The van der Waals surface area contributed by atoms with E-state index in [2.05, 4.69) is 102 Å². The smallest absolute Gasteiger partial charge is 0.270 e. The van der Waals surface area contributed by atoms with Gasteiger partial charge in [0.05, 0.1) is 47.2 Å². The first kappa shape index (κ1) is 82.9. The topological polar surface area (TPSA) is 321 Å². The van der Waals surface area contributed by atoms with Crippen molar-refractivity contribution in [3.63, 3.8) is 0 Å². The van der Waals surface area contributed by atoms with E-state index in [4.69, 9.17) is 0 Å². The van der Waals surface area contributed by atoms with Gasteiger partial charge in [-0.3, -0.25) is 65.5 Å². The molecule has 1 amide bonds. The van der Waals surface area contributed by atoms with Crippen LogP contribution in [0.25, 0.3) is 87.2 Å². The minimum Gasteiger partial charge on any atom is -0.340 e. The Morgan fingerprint density at radius 2 is 0.720 bits per heavy atom. The second-order valence-electron chi connectivity index (χ2n) is 25.7. The fraction of sp³-hybridized carbons (Fsp3) is 0.380. The summed E-state index contributed by atoms with van der Waals surface area (Å²) in [5, 5.41) is 76.3. The number of nitrogens with zero attached hydrogens (tertiary/aromatic N) is 14. The van der Waals surface area contributed by atoms with Crippen molar-refractivity contribution < 1.29 is 34.3 Å². The average molecular weight is 1470 g/mol. The van der Waals surface area contributed by atoms with Crippen LogP contribution in [0.1, 0.15) is 95.1 Å². The number of likely N-dealkylation sites (tertiary alicyclic amines) is 1. The summed E-state index contributed by atoms with van der Waals surface area (Å²) in [4.78, 5) is 85.4. The zero-order valence-corrected chi connectivity index (χ0v) is 58.6. The molecule has 568 valence electrons. The Morgan fingerprint density at radius 3 is 1.08 bits per heavy atom. The van der Waals surface area contributed by atoms with Crippen LogP contribution in [-0.4, -0.2) is 148 Å². The number of likely N-dealkylation sites (N-methyl/N-ethyl adjacent to an activating group) is 2. The number of para-hydroxylation sites is 1. The van der Waals surface area contributed by atoms with Gasteiger partial charge in [0.15, 0.2) is 0 Å². The number of benzene rings is 8. The van der Waals surface area contributed by atoms with E-state index in [0.29, 0.717) is 38.7 Å². The number of non-ortho nitro benzene ring substituents is 6. The first-order valence-corrected chi connectivity index (χ1v) is 34.8. The van der Waals surface area contributed by atoms with Gasteiger partial charge in [0, 0.05) is 194 Å². The monoisotopic (exact) mass is 1470 g/mol. The lowest BCUT2D eigenvalue weighted by atomic mass is 10.1. The first-order valence-electron chi connectivity index (χ1n) is 34.8. The largest absolute Gasteiger partial charge is 0.340 e. The lowest BCUT2D eigenvalue weighted by Crippen LogP contribution is -2.26.